The summed E-state index contributed by atoms with van der Waals surface area (Å²) in [4.78, 5) is 13.9. The SMILES string of the molecule is Cc1ccc(C(=O)NC(C)c2ccc(C#N)cc2)s1. The molecular formula is C15H14N2OS. The average Bonchev–Trinajstić information content (AvgIpc) is 2.85. The van der Waals surface area contributed by atoms with Gasteiger partial charge >= 0.3 is 0 Å². The van der Waals surface area contributed by atoms with E-state index in [4.69, 9.17) is 5.26 Å². The van der Waals surface area contributed by atoms with Crippen LogP contribution in [-0.2, 0) is 0 Å². The summed E-state index contributed by atoms with van der Waals surface area (Å²) in [7, 11) is 0. The fourth-order valence-electron chi connectivity index (χ4n) is 1.75. The topological polar surface area (TPSA) is 52.9 Å². The number of nitriles is 1. The van der Waals surface area contributed by atoms with Crippen LogP contribution < -0.4 is 5.32 Å². The summed E-state index contributed by atoms with van der Waals surface area (Å²) in [6.45, 7) is 3.91. The lowest BCUT2D eigenvalue weighted by Gasteiger charge is -2.13. The molecule has 0 aliphatic heterocycles. The predicted molar refractivity (Wildman–Crippen MR) is 76.1 cm³/mol. The van der Waals surface area contributed by atoms with Crippen molar-refractivity contribution in [3.63, 3.8) is 0 Å². The zero-order chi connectivity index (χ0) is 13.8. The Hall–Kier alpha value is -2.12. The second-order valence-corrected chi connectivity index (χ2v) is 5.63. The molecule has 4 heteroatoms. The zero-order valence-corrected chi connectivity index (χ0v) is 11.6. The highest BCUT2D eigenvalue weighted by atomic mass is 32.1. The number of hydrogen-bond donors (Lipinski definition) is 1. The third-order valence-electron chi connectivity index (χ3n) is 2.85. The van der Waals surface area contributed by atoms with Crippen molar-refractivity contribution in [2.45, 2.75) is 19.9 Å². The van der Waals surface area contributed by atoms with E-state index in [1.54, 1.807) is 12.1 Å². The summed E-state index contributed by atoms with van der Waals surface area (Å²) in [5.74, 6) is -0.0602. The maximum atomic E-state index is 12.0. The Bertz CT molecular complexity index is 622. The first-order chi connectivity index (χ1) is 9.10. The monoisotopic (exact) mass is 270 g/mol. The fraction of sp³-hybridized carbons (Fsp3) is 0.200. The third kappa shape index (κ3) is 3.21. The number of nitrogens with zero attached hydrogens (tertiary/aromatic N) is 1. The Morgan fingerprint density at radius 2 is 1.95 bits per heavy atom. The number of carbonyl (C=O) groups excluding carboxylic acids is 1. The van der Waals surface area contributed by atoms with Crippen molar-refractivity contribution in [1.29, 1.82) is 5.26 Å². The number of nitrogens with one attached hydrogen (secondary N) is 1. The molecule has 0 saturated heterocycles. The van der Waals surface area contributed by atoms with Gasteiger partial charge in [-0.3, -0.25) is 4.79 Å². The molecule has 1 amide bonds. The van der Waals surface area contributed by atoms with Crippen LogP contribution >= 0.6 is 11.3 Å². The Balaban J connectivity index is 2.06. The Morgan fingerprint density at radius 1 is 1.26 bits per heavy atom. The number of hydrogen-bond acceptors (Lipinski definition) is 3. The second-order valence-electron chi connectivity index (χ2n) is 4.34. The van der Waals surface area contributed by atoms with Crippen molar-refractivity contribution < 1.29 is 4.79 Å². The van der Waals surface area contributed by atoms with Gasteiger partial charge in [-0.2, -0.15) is 5.26 Å². The predicted octanol–water partition coefficient (Wildman–Crippen LogP) is 3.42. The number of rotatable bonds is 3. The van der Waals surface area contributed by atoms with Crippen molar-refractivity contribution in [1.82, 2.24) is 5.32 Å². The molecule has 1 N–H and O–H groups in total. The minimum absolute atomic E-state index is 0.0602. The fourth-order valence-corrected chi connectivity index (χ4v) is 2.52. The maximum Gasteiger partial charge on any atom is 0.261 e. The molecule has 2 rings (SSSR count). The molecule has 96 valence electrons. The number of benzene rings is 1. The van der Waals surface area contributed by atoms with Crippen molar-refractivity contribution in [3.8, 4) is 6.07 Å². The van der Waals surface area contributed by atoms with Crippen LogP contribution in [0, 0.1) is 18.3 Å². The Labute approximate surface area is 116 Å². The first-order valence-corrected chi connectivity index (χ1v) is 6.79. The normalized spacial score (nSPS) is 11.6. The number of aryl methyl sites for hydroxylation is 1. The van der Waals surface area contributed by atoms with Gasteiger partial charge in [-0.15, -0.1) is 11.3 Å². The number of thiophene rings is 1. The van der Waals surface area contributed by atoms with E-state index in [2.05, 4.69) is 11.4 Å². The largest absolute Gasteiger partial charge is 0.345 e. The van der Waals surface area contributed by atoms with Gasteiger partial charge in [0.25, 0.3) is 5.91 Å². The van der Waals surface area contributed by atoms with E-state index in [9.17, 15) is 4.79 Å². The number of carbonyl (C=O) groups is 1. The van der Waals surface area contributed by atoms with Crippen molar-refractivity contribution in [2.75, 3.05) is 0 Å². The van der Waals surface area contributed by atoms with Gasteiger partial charge in [-0.25, -0.2) is 0 Å². The van der Waals surface area contributed by atoms with Crippen LogP contribution in [0.25, 0.3) is 0 Å². The highest BCUT2D eigenvalue weighted by Crippen LogP contribution is 2.18. The van der Waals surface area contributed by atoms with E-state index in [0.717, 1.165) is 15.3 Å². The summed E-state index contributed by atoms with van der Waals surface area (Å²) in [5, 5.41) is 11.7. The van der Waals surface area contributed by atoms with Gasteiger partial charge in [-0.1, -0.05) is 12.1 Å². The van der Waals surface area contributed by atoms with Gasteiger partial charge in [0.1, 0.15) is 0 Å². The van der Waals surface area contributed by atoms with E-state index in [1.807, 2.05) is 38.1 Å². The quantitative estimate of drug-likeness (QED) is 0.929. The molecule has 1 aromatic heterocycles. The van der Waals surface area contributed by atoms with E-state index < -0.39 is 0 Å². The second kappa shape index (κ2) is 5.68. The minimum Gasteiger partial charge on any atom is -0.345 e. The molecule has 0 radical (unpaired) electrons. The standard InChI is InChI=1S/C15H14N2OS/c1-10-3-8-14(19-10)15(18)17-11(2)13-6-4-12(9-16)5-7-13/h3-8,11H,1-2H3,(H,17,18). The lowest BCUT2D eigenvalue weighted by atomic mass is 10.1. The van der Waals surface area contributed by atoms with Crippen LogP contribution in [0.5, 0.6) is 0 Å². The molecule has 0 bridgehead atoms. The Morgan fingerprint density at radius 3 is 2.47 bits per heavy atom. The van der Waals surface area contributed by atoms with E-state index in [0.29, 0.717) is 5.56 Å². The molecule has 3 nitrogen and oxygen atoms in total. The maximum absolute atomic E-state index is 12.0. The molecule has 1 atom stereocenters. The summed E-state index contributed by atoms with van der Waals surface area (Å²) in [6.07, 6.45) is 0. The van der Waals surface area contributed by atoms with Crippen LogP contribution in [0.4, 0.5) is 0 Å². The molecular weight excluding hydrogens is 256 g/mol. The molecule has 1 aromatic carbocycles. The minimum atomic E-state index is -0.0809. The molecule has 1 heterocycles. The van der Waals surface area contributed by atoms with Crippen LogP contribution in [-0.4, -0.2) is 5.91 Å². The first kappa shape index (κ1) is 13.3. The van der Waals surface area contributed by atoms with Crippen molar-refractivity contribution >= 4 is 17.2 Å². The highest BCUT2D eigenvalue weighted by molar-refractivity contribution is 7.13. The van der Waals surface area contributed by atoms with Crippen molar-refractivity contribution in [3.05, 3.63) is 57.3 Å². The zero-order valence-electron chi connectivity index (χ0n) is 10.8. The first-order valence-electron chi connectivity index (χ1n) is 5.97. The van der Waals surface area contributed by atoms with Gasteiger partial charge in [-0.05, 0) is 43.7 Å². The van der Waals surface area contributed by atoms with Gasteiger partial charge in [0, 0.05) is 4.88 Å². The molecule has 0 saturated carbocycles. The summed E-state index contributed by atoms with van der Waals surface area (Å²) < 4.78 is 0. The van der Waals surface area contributed by atoms with E-state index in [1.165, 1.54) is 11.3 Å². The molecule has 0 aliphatic carbocycles. The summed E-state index contributed by atoms with van der Waals surface area (Å²) >= 11 is 1.48. The average molecular weight is 270 g/mol. The third-order valence-corrected chi connectivity index (χ3v) is 3.85. The lowest BCUT2D eigenvalue weighted by molar-refractivity contribution is 0.0944. The van der Waals surface area contributed by atoms with Crippen LogP contribution in [0.2, 0.25) is 0 Å². The van der Waals surface area contributed by atoms with Gasteiger partial charge < -0.3 is 5.32 Å². The van der Waals surface area contributed by atoms with E-state index >= 15 is 0 Å². The molecule has 0 spiro atoms. The van der Waals surface area contributed by atoms with Gasteiger partial charge in [0.05, 0.1) is 22.6 Å². The van der Waals surface area contributed by atoms with Crippen LogP contribution in [0.15, 0.2) is 36.4 Å². The molecule has 0 aliphatic rings. The summed E-state index contributed by atoms with van der Waals surface area (Å²) in [5.41, 5.74) is 1.61. The molecule has 0 fully saturated rings. The van der Waals surface area contributed by atoms with Gasteiger partial charge in [0.15, 0.2) is 0 Å². The lowest BCUT2D eigenvalue weighted by Crippen LogP contribution is -2.25. The van der Waals surface area contributed by atoms with Gasteiger partial charge in [0.2, 0.25) is 0 Å². The van der Waals surface area contributed by atoms with Crippen molar-refractivity contribution in [2.24, 2.45) is 0 Å². The Kier molecular flexibility index (Phi) is 3.98. The van der Waals surface area contributed by atoms with E-state index in [-0.39, 0.29) is 11.9 Å². The highest BCUT2D eigenvalue weighted by Gasteiger charge is 2.12. The smallest absolute Gasteiger partial charge is 0.261 e. The molecule has 2 aromatic rings. The molecule has 1 unspecified atom stereocenters. The number of amides is 1. The summed E-state index contributed by atoms with van der Waals surface area (Å²) in [6, 6.07) is 13.0. The van der Waals surface area contributed by atoms with Crippen LogP contribution in [0.1, 0.15) is 38.6 Å². The van der Waals surface area contributed by atoms with Crippen LogP contribution in [0.3, 0.4) is 0 Å². The molecule has 19 heavy (non-hydrogen) atoms.